The molecular weight excluding hydrogens is 364 g/mol. The zero-order valence-corrected chi connectivity index (χ0v) is 19.0. The number of aliphatic carboxylic acids is 1. The maximum atomic E-state index is 11.5. The Morgan fingerprint density at radius 2 is 1.00 bits per heavy atom. The van der Waals surface area contributed by atoms with Crippen LogP contribution in [0.25, 0.3) is 0 Å². The van der Waals surface area contributed by atoms with E-state index in [1.54, 1.807) is 0 Å². The number of unbranched alkanes of at least 4 members (excludes halogenated alkanes) is 17. The first kappa shape index (κ1) is 27.7. The fraction of sp³-hybridized carbons (Fsp3) is 0.840. The molecule has 0 heterocycles. The van der Waals surface area contributed by atoms with Gasteiger partial charge in [0.1, 0.15) is 0 Å². The molecule has 0 spiro atoms. The Balaban J connectivity index is 3.18. The molecule has 29 heavy (non-hydrogen) atoms. The molecule has 0 aromatic carbocycles. The van der Waals surface area contributed by atoms with Crippen LogP contribution in [0.1, 0.15) is 129 Å². The number of carbonyl (C=O) groups is 2. The van der Waals surface area contributed by atoms with Gasteiger partial charge in [-0.3, -0.25) is 4.79 Å². The van der Waals surface area contributed by atoms with Crippen LogP contribution >= 0.6 is 0 Å². The standard InChI is InChI=1S/C25H46O4/c1-3-4-5-6-7-8-9-10-11-12-13-14-15-16-17-18-19-20-21-29-25(28)23(2)22-24(26)27/h2-22H2,1H3,(H,26,27). The van der Waals surface area contributed by atoms with E-state index in [0.29, 0.717) is 6.61 Å². The quantitative estimate of drug-likeness (QED) is 0.113. The highest BCUT2D eigenvalue weighted by Gasteiger charge is 2.11. The van der Waals surface area contributed by atoms with Crippen molar-refractivity contribution in [3.63, 3.8) is 0 Å². The minimum atomic E-state index is -1.06. The van der Waals surface area contributed by atoms with Gasteiger partial charge >= 0.3 is 11.9 Å². The fourth-order valence-corrected chi connectivity index (χ4v) is 3.53. The Hall–Kier alpha value is -1.32. The number of ether oxygens (including phenoxy) is 1. The minimum Gasteiger partial charge on any atom is -0.481 e. The van der Waals surface area contributed by atoms with E-state index >= 15 is 0 Å². The van der Waals surface area contributed by atoms with Gasteiger partial charge in [-0.2, -0.15) is 0 Å². The summed E-state index contributed by atoms with van der Waals surface area (Å²) in [5.74, 6) is -1.64. The second-order valence-corrected chi connectivity index (χ2v) is 8.32. The number of hydrogen-bond acceptors (Lipinski definition) is 3. The topological polar surface area (TPSA) is 63.6 Å². The summed E-state index contributed by atoms with van der Waals surface area (Å²) in [5, 5.41) is 8.60. The lowest BCUT2D eigenvalue weighted by atomic mass is 10.0. The minimum absolute atomic E-state index is 0.0138. The molecule has 0 aliphatic carbocycles. The summed E-state index contributed by atoms with van der Waals surface area (Å²) in [4.78, 5) is 22.0. The second-order valence-electron chi connectivity index (χ2n) is 8.32. The van der Waals surface area contributed by atoms with Crippen molar-refractivity contribution >= 4 is 11.9 Å². The Labute approximate surface area is 179 Å². The molecule has 0 amide bonds. The zero-order valence-electron chi connectivity index (χ0n) is 19.0. The van der Waals surface area contributed by atoms with Gasteiger partial charge in [-0.15, -0.1) is 0 Å². The van der Waals surface area contributed by atoms with Crippen molar-refractivity contribution in [1.82, 2.24) is 0 Å². The SMILES string of the molecule is C=C(CC(=O)O)C(=O)OCCCCCCCCCCCCCCCCCCCC. The number of carboxylic acids is 1. The summed E-state index contributed by atoms with van der Waals surface area (Å²) >= 11 is 0. The summed E-state index contributed by atoms with van der Waals surface area (Å²) in [7, 11) is 0. The molecule has 0 fully saturated rings. The lowest BCUT2D eigenvalue weighted by Crippen LogP contribution is -2.11. The number of rotatable bonds is 22. The van der Waals surface area contributed by atoms with Crippen molar-refractivity contribution in [3.8, 4) is 0 Å². The predicted molar refractivity (Wildman–Crippen MR) is 121 cm³/mol. The average Bonchev–Trinajstić information content (AvgIpc) is 2.69. The lowest BCUT2D eigenvalue weighted by Gasteiger charge is -2.06. The number of carbonyl (C=O) groups excluding carboxylic acids is 1. The van der Waals surface area contributed by atoms with Gasteiger partial charge in [0.2, 0.25) is 0 Å². The molecule has 1 N–H and O–H groups in total. The number of hydrogen-bond donors (Lipinski definition) is 1. The summed E-state index contributed by atoms with van der Waals surface area (Å²) in [6.07, 6.45) is 23.5. The lowest BCUT2D eigenvalue weighted by molar-refractivity contribution is -0.142. The van der Waals surface area contributed by atoms with Crippen LogP contribution in [-0.2, 0) is 14.3 Å². The average molecular weight is 411 g/mol. The monoisotopic (exact) mass is 410 g/mol. The highest BCUT2D eigenvalue weighted by atomic mass is 16.5. The molecule has 4 heteroatoms. The van der Waals surface area contributed by atoms with Gasteiger partial charge in [-0.25, -0.2) is 4.79 Å². The van der Waals surface area contributed by atoms with E-state index < -0.39 is 11.9 Å². The normalized spacial score (nSPS) is 10.8. The third-order valence-electron chi connectivity index (χ3n) is 5.38. The van der Waals surface area contributed by atoms with Crippen molar-refractivity contribution in [2.75, 3.05) is 6.61 Å². The van der Waals surface area contributed by atoms with Gasteiger partial charge in [-0.1, -0.05) is 123 Å². The first-order valence-corrected chi connectivity index (χ1v) is 12.1. The van der Waals surface area contributed by atoms with E-state index in [0.717, 1.165) is 12.8 Å². The molecule has 0 aromatic rings. The third kappa shape index (κ3) is 21.2. The first-order valence-electron chi connectivity index (χ1n) is 12.1. The van der Waals surface area contributed by atoms with Crippen LogP contribution in [-0.4, -0.2) is 23.7 Å². The number of esters is 1. The van der Waals surface area contributed by atoms with E-state index in [1.165, 1.54) is 103 Å². The molecule has 0 aliphatic rings. The van der Waals surface area contributed by atoms with Crippen LogP contribution in [0.15, 0.2) is 12.2 Å². The van der Waals surface area contributed by atoms with Gasteiger partial charge in [0.15, 0.2) is 0 Å². The molecule has 0 radical (unpaired) electrons. The Morgan fingerprint density at radius 3 is 1.34 bits per heavy atom. The largest absolute Gasteiger partial charge is 0.481 e. The van der Waals surface area contributed by atoms with Gasteiger partial charge in [0, 0.05) is 5.57 Å². The smallest absolute Gasteiger partial charge is 0.333 e. The molecule has 0 aromatic heterocycles. The van der Waals surface area contributed by atoms with E-state index in [2.05, 4.69) is 13.5 Å². The van der Waals surface area contributed by atoms with Crippen LogP contribution in [0.3, 0.4) is 0 Å². The predicted octanol–water partition coefficient (Wildman–Crippen LogP) is 7.60. The summed E-state index contributed by atoms with van der Waals surface area (Å²) in [5.41, 5.74) is 0.0138. The maximum absolute atomic E-state index is 11.5. The molecule has 0 rings (SSSR count). The highest BCUT2D eigenvalue weighted by Crippen LogP contribution is 2.14. The second kappa shape index (κ2) is 21.4. The van der Waals surface area contributed by atoms with Crippen LogP contribution in [0.5, 0.6) is 0 Å². The van der Waals surface area contributed by atoms with Crippen molar-refractivity contribution in [3.05, 3.63) is 12.2 Å². The van der Waals surface area contributed by atoms with Gasteiger partial charge in [0.25, 0.3) is 0 Å². The fourth-order valence-electron chi connectivity index (χ4n) is 3.53. The Morgan fingerprint density at radius 1 is 0.655 bits per heavy atom. The highest BCUT2D eigenvalue weighted by molar-refractivity contribution is 5.92. The van der Waals surface area contributed by atoms with Crippen molar-refractivity contribution in [1.29, 1.82) is 0 Å². The molecule has 0 bridgehead atoms. The first-order chi connectivity index (χ1) is 14.1. The summed E-state index contributed by atoms with van der Waals surface area (Å²) < 4.78 is 5.03. The molecule has 0 atom stereocenters. The maximum Gasteiger partial charge on any atom is 0.333 e. The molecular formula is C25H46O4. The molecule has 0 saturated heterocycles. The van der Waals surface area contributed by atoms with Gasteiger partial charge in [0.05, 0.1) is 13.0 Å². The van der Waals surface area contributed by atoms with Crippen LogP contribution < -0.4 is 0 Å². The van der Waals surface area contributed by atoms with Crippen molar-refractivity contribution in [2.24, 2.45) is 0 Å². The van der Waals surface area contributed by atoms with Crippen LogP contribution in [0.4, 0.5) is 0 Å². The summed E-state index contributed by atoms with van der Waals surface area (Å²) in [6.45, 7) is 6.07. The van der Waals surface area contributed by atoms with Crippen LogP contribution in [0.2, 0.25) is 0 Å². The zero-order chi connectivity index (χ0) is 21.6. The van der Waals surface area contributed by atoms with E-state index in [-0.39, 0.29) is 12.0 Å². The molecule has 170 valence electrons. The van der Waals surface area contributed by atoms with Gasteiger partial charge in [-0.05, 0) is 6.42 Å². The Kier molecular flexibility index (Phi) is 20.4. The van der Waals surface area contributed by atoms with Crippen LogP contribution in [0, 0.1) is 0 Å². The molecule has 0 saturated carbocycles. The van der Waals surface area contributed by atoms with E-state index in [4.69, 9.17) is 9.84 Å². The Bertz CT molecular complexity index is 417. The molecule has 0 unspecified atom stereocenters. The van der Waals surface area contributed by atoms with E-state index in [1.807, 2.05) is 0 Å². The van der Waals surface area contributed by atoms with Gasteiger partial charge < -0.3 is 9.84 Å². The molecule has 0 aliphatic heterocycles. The summed E-state index contributed by atoms with van der Waals surface area (Å²) in [6, 6.07) is 0. The number of carboxylic acid groups (broad SMARTS) is 1. The van der Waals surface area contributed by atoms with Crippen molar-refractivity contribution < 1.29 is 19.4 Å². The van der Waals surface area contributed by atoms with Crippen molar-refractivity contribution in [2.45, 2.75) is 129 Å². The van der Waals surface area contributed by atoms with E-state index in [9.17, 15) is 9.59 Å². The molecule has 4 nitrogen and oxygen atoms in total. The third-order valence-corrected chi connectivity index (χ3v) is 5.38.